The molecule has 0 fully saturated rings. The Morgan fingerprint density at radius 2 is 1.73 bits per heavy atom. The van der Waals surface area contributed by atoms with E-state index in [2.05, 4.69) is 0 Å². The fraction of sp³-hybridized carbons (Fsp3) is 0.200. The van der Waals surface area contributed by atoms with E-state index in [0.29, 0.717) is 21.8 Å². The first-order valence-corrected chi connectivity index (χ1v) is 10.2. The van der Waals surface area contributed by atoms with Gasteiger partial charge < -0.3 is 10.0 Å². The van der Waals surface area contributed by atoms with Gasteiger partial charge in [0.1, 0.15) is 0 Å². The van der Waals surface area contributed by atoms with Crippen LogP contribution in [0.4, 0.5) is 5.69 Å². The number of hydrogen-bond acceptors (Lipinski definition) is 3. The van der Waals surface area contributed by atoms with Crippen molar-refractivity contribution in [3.8, 4) is 0 Å². The molecule has 0 aliphatic carbocycles. The van der Waals surface area contributed by atoms with Crippen molar-refractivity contribution in [3.63, 3.8) is 0 Å². The van der Waals surface area contributed by atoms with Crippen LogP contribution in [0, 0.1) is 13.8 Å². The van der Waals surface area contributed by atoms with Crippen molar-refractivity contribution in [2.24, 2.45) is 0 Å². The van der Waals surface area contributed by atoms with E-state index in [1.165, 1.54) is 4.90 Å². The topological polar surface area (TPSA) is 57.6 Å². The molecule has 1 heterocycles. The number of para-hydroxylation sites is 1. The number of nitrogens with zero attached hydrogens (tertiary/aromatic N) is 1. The molecule has 0 unspecified atom stereocenters. The van der Waals surface area contributed by atoms with E-state index in [-0.39, 0.29) is 18.7 Å². The van der Waals surface area contributed by atoms with Crippen molar-refractivity contribution in [3.05, 3.63) is 99.6 Å². The molecule has 152 valence electrons. The Bertz CT molecular complexity index is 1140. The van der Waals surface area contributed by atoms with Crippen LogP contribution in [0.3, 0.4) is 0 Å². The third kappa shape index (κ3) is 3.53. The van der Waals surface area contributed by atoms with Gasteiger partial charge >= 0.3 is 0 Å². The minimum atomic E-state index is -1.89. The number of aliphatic hydroxyl groups is 1. The molecule has 0 radical (unpaired) electrons. The lowest BCUT2D eigenvalue weighted by Crippen LogP contribution is -2.41. The van der Waals surface area contributed by atoms with Gasteiger partial charge in [-0.25, -0.2) is 0 Å². The van der Waals surface area contributed by atoms with E-state index in [1.807, 2.05) is 44.2 Å². The number of Topliss-reactive ketones (excluding diaryl/α,β-unsaturated/α-hetero) is 1. The van der Waals surface area contributed by atoms with Crippen molar-refractivity contribution in [2.75, 3.05) is 4.90 Å². The Hall–Kier alpha value is -2.95. The number of ketones is 1. The summed E-state index contributed by atoms with van der Waals surface area (Å²) in [5.74, 6) is -0.743. The van der Waals surface area contributed by atoms with Crippen molar-refractivity contribution in [2.45, 2.75) is 32.4 Å². The number of anilines is 1. The van der Waals surface area contributed by atoms with Gasteiger partial charge in [-0.05, 0) is 49.2 Å². The maximum absolute atomic E-state index is 13.4. The number of benzene rings is 3. The average Bonchev–Trinajstić information content (AvgIpc) is 2.93. The Balaban J connectivity index is 1.69. The van der Waals surface area contributed by atoms with Crippen molar-refractivity contribution >= 4 is 29.0 Å². The second-order valence-electron chi connectivity index (χ2n) is 7.81. The van der Waals surface area contributed by atoms with E-state index in [0.717, 1.165) is 16.7 Å². The van der Waals surface area contributed by atoms with Crippen LogP contribution in [-0.4, -0.2) is 16.8 Å². The number of carbonyl (C=O) groups is 2. The molecule has 0 saturated carbocycles. The molecule has 0 spiro atoms. The third-order valence-corrected chi connectivity index (χ3v) is 5.86. The fourth-order valence-electron chi connectivity index (χ4n) is 3.97. The monoisotopic (exact) mass is 419 g/mol. The second kappa shape index (κ2) is 7.71. The molecule has 5 heteroatoms. The maximum Gasteiger partial charge on any atom is 0.264 e. The van der Waals surface area contributed by atoms with Gasteiger partial charge in [0, 0.05) is 16.1 Å². The molecule has 1 aliphatic rings. The summed E-state index contributed by atoms with van der Waals surface area (Å²) < 4.78 is 0. The zero-order chi connectivity index (χ0) is 21.5. The average molecular weight is 420 g/mol. The summed E-state index contributed by atoms with van der Waals surface area (Å²) in [5.41, 5.74) is 2.38. The molecule has 1 amide bonds. The highest BCUT2D eigenvalue weighted by atomic mass is 35.5. The second-order valence-corrected chi connectivity index (χ2v) is 8.25. The molecule has 3 aromatic rings. The molecule has 1 atom stereocenters. The van der Waals surface area contributed by atoms with Gasteiger partial charge in [0.15, 0.2) is 11.4 Å². The third-order valence-electron chi connectivity index (χ3n) is 5.60. The summed E-state index contributed by atoms with van der Waals surface area (Å²) in [6.45, 7) is 4.05. The van der Waals surface area contributed by atoms with E-state index in [9.17, 15) is 14.7 Å². The van der Waals surface area contributed by atoms with Gasteiger partial charge in [0.25, 0.3) is 5.91 Å². The largest absolute Gasteiger partial charge is 0.375 e. The minimum absolute atomic E-state index is 0.254. The molecular formula is C25H22ClNO3. The van der Waals surface area contributed by atoms with E-state index in [4.69, 9.17) is 11.6 Å². The number of fused-ring (bicyclic) bond motifs is 1. The van der Waals surface area contributed by atoms with Gasteiger partial charge in [0.2, 0.25) is 0 Å². The molecule has 1 N–H and O–H groups in total. The predicted molar refractivity (Wildman–Crippen MR) is 118 cm³/mol. The number of aryl methyl sites for hydroxylation is 2. The number of hydrogen-bond donors (Lipinski definition) is 1. The van der Waals surface area contributed by atoms with E-state index >= 15 is 0 Å². The summed E-state index contributed by atoms with van der Waals surface area (Å²) >= 11 is 5.96. The molecule has 0 aromatic heterocycles. The minimum Gasteiger partial charge on any atom is -0.375 e. The van der Waals surface area contributed by atoms with E-state index < -0.39 is 11.5 Å². The highest BCUT2D eigenvalue weighted by Crippen LogP contribution is 2.43. The first-order chi connectivity index (χ1) is 14.3. The summed E-state index contributed by atoms with van der Waals surface area (Å²) in [6.07, 6.45) is -0.301. The quantitative estimate of drug-likeness (QED) is 0.594. The highest BCUT2D eigenvalue weighted by molar-refractivity contribution is 6.30. The first kappa shape index (κ1) is 20.3. The van der Waals surface area contributed by atoms with Crippen LogP contribution in [0.25, 0.3) is 0 Å². The van der Waals surface area contributed by atoms with Gasteiger partial charge in [-0.1, -0.05) is 59.6 Å². The number of amides is 1. The molecule has 4 nitrogen and oxygen atoms in total. The van der Waals surface area contributed by atoms with Crippen molar-refractivity contribution < 1.29 is 14.7 Å². The smallest absolute Gasteiger partial charge is 0.264 e. The molecule has 3 aromatic carbocycles. The zero-order valence-electron chi connectivity index (χ0n) is 16.9. The molecule has 4 rings (SSSR count). The maximum atomic E-state index is 13.4. The van der Waals surface area contributed by atoms with Crippen LogP contribution >= 0.6 is 11.6 Å². The normalized spacial score (nSPS) is 17.9. The molecule has 0 bridgehead atoms. The molecule has 30 heavy (non-hydrogen) atoms. The van der Waals surface area contributed by atoms with Crippen LogP contribution < -0.4 is 4.90 Å². The lowest BCUT2D eigenvalue weighted by molar-refractivity contribution is -0.136. The molecule has 1 aliphatic heterocycles. The first-order valence-electron chi connectivity index (χ1n) is 9.78. The van der Waals surface area contributed by atoms with E-state index in [1.54, 1.807) is 36.4 Å². The van der Waals surface area contributed by atoms with Gasteiger partial charge in [-0.2, -0.15) is 0 Å². The summed E-state index contributed by atoms with van der Waals surface area (Å²) in [6, 6.07) is 19.9. The van der Waals surface area contributed by atoms with Gasteiger partial charge in [-0.3, -0.25) is 9.59 Å². The van der Waals surface area contributed by atoms with Crippen molar-refractivity contribution in [1.29, 1.82) is 0 Å². The standard InChI is InChI=1S/C25H22ClNO3/c1-16-7-8-17(2)20(13-16)23(28)14-25(30)21-5-3-4-6-22(21)27(24(25)29)15-18-9-11-19(26)12-10-18/h3-13,30H,14-15H2,1-2H3/t25-/m1/s1. The lowest BCUT2D eigenvalue weighted by Gasteiger charge is -2.23. The zero-order valence-corrected chi connectivity index (χ0v) is 17.6. The number of carbonyl (C=O) groups excluding carboxylic acids is 2. The number of halogens is 1. The SMILES string of the molecule is Cc1ccc(C)c(C(=O)C[C@]2(O)C(=O)N(Cc3ccc(Cl)cc3)c3ccccc32)c1. The Morgan fingerprint density at radius 1 is 1.03 bits per heavy atom. The summed E-state index contributed by atoms with van der Waals surface area (Å²) in [5, 5.41) is 12.1. The van der Waals surface area contributed by atoms with Crippen molar-refractivity contribution in [1.82, 2.24) is 0 Å². The van der Waals surface area contributed by atoms with Crippen LogP contribution in [-0.2, 0) is 16.9 Å². The highest BCUT2D eigenvalue weighted by Gasteiger charge is 2.50. The van der Waals surface area contributed by atoms with Gasteiger partial charge in [0.05, 0.1) is 18.7 Å². The Labute approximate surface area is 180 Å². The van der Waals surface area contributed by atoms with Gasteiger partial charge in [-0.15, -0.1) is 0 Å². The number of rotatable bonds is 5. The fourth-order valence-corrected chi connectivity index (χ4v) is 4.10. The van der Waals surface area contributed by atoms with Crippen LogP contribution in [0.5, 0.6) is 0 Å². The summed E-state index contributed by atoms with van der Waals surface area (Å²) in [4.78, 5) is 28.0. The molecule has 0 saturated heterocycles. The Morgan fingerprint density at radius 3 is 2.47 bits per heavy atom. The Kier molecular flexibility index (Phi) is 5.22. The molecular weight excluding hydrogens is 398 g/mol. The van der Waals surface area contributed by atoms with Crippen LogP contribution in [0.15, 0.2) is 66.7 Å². The predicted octanol–water partition coefficient (Wildman–Crippen LogP) is 4.96. The van der Waals surface area contributed by atoms with Crippen LogP contribution in [0.1, 0.15) is 39.0 Å². The van der Waals surface area contributed by atoms with Crippen LogP contribution in [0.2, 0.25) is 5.02 Å². The lowest BCUT2D eigenvalue weighted by atomic mass is 9.87. The summed E-state index contributed by atoms with van der Waals surface area (Å²) in [7, 11) is 0.